The van der Waals surface area contributed by atoms with Gasteiger partial charge >= 0.3 is 0 Å². The number of hydrogen-bond acceptors (Lipinski definition) is 2. The van der Waals surface area contributed by atoms with E-state index in [0.29, 0.717) is 10.0 Å². The van der Waals surface area contributed by atoms with E-state index >= 15 is 0 Å². The topological polar surface area (TPSA) is 21.3 Å². The predicted octanol–water partition coefficient (Wildman–Crippen LogP) is 5.57. The van der Waals surface area contributed by atoms with Crippen molar-refractivity contribution < 1.29 is 4.74 Å². The number of halogens is 2. The van der Waals surface area contributed by atoms with E-state index in [1.165, 1.54) is 5.56 Å². The molecule has 0 radical (unpaired) electrons. The molecule has 0 amide bonds. The van der Waals surface area contributed by atoms with Gasteiger partial charge < -0.3 is 10.1 Å². The number of hydrogen-bond donors (Lipinski definition) is 1. The molecule has 0 aromatic heterocycles. The van der Waals surface area contributed by atoms with Crippen molar-refractivity contribution in [2.24, 2.45) is 0 Å². The Morgan fingerprint density at radius 3 is 2.30 bits per heavy atom. The standard InChI is InChI=1S/C16H17Cl2NO/c1-3-16(11-4-7-13(20-2)8-5-11)19-12-6-9-14(17)15(18)10-12/h4-10,16,19H,3H2,1-2H3. The maximum Gasteiger partial charge on any atom is 0.118 e. The van der Waals surface area contributed by atoms with Gasteiger partial charge in [0.2, 0.25) is 0 Å². The molecule has 2 aromatic carbocycles. The lowest BCUT2D eigenvalue weighted by atomic mass is 10.0. The molecule has 0 aliphatic carbocycles. The number of anilines is 1. The van der Waals surface area contributed by atoms with E-state index in [-0.39, 0.29) is 6.04 Å². The quantitative estimate of drug-likeness (QED) is 0.780. The van der Waals surface area contributed by atoms with Crippen LogP contribution in [0.15, 0.2) is 42.5 Å². The Bertz CT molecular complexity index is 569. The monoisotopic (exact) mass is 309 g/mol. The van der Waals surface area contributed by atoms with Gasteiger partial charge in [0.15, 0.2) is 0 Å². The molecule has 1 N–H and O–H groups in total. The first-order valence-electron chi connectivity index (χ1n) is 6.49. The summed E-state index contributed by atoms with van der Waals surface area (Å²) in [5.41, 5.74) is 2.17. The summed E-state index contributed by atoms with van der Waals surface area (Å²) in [6.07, 6.45) is 0.965. The van der Waals surface area contributed by atoms with Crippen molar-refractivity contribution in [2.45, 2.75) is 19.4 Å². The second-order valence-electron chi connectivity index (χ2n) is 4.51. The van der Waals surface area contributed by atoms with Crippen LogP contribution in [0.5, 0.6) is 5.75 Å². The summed E-state index contributed by atoms with van der Waals surface area (Å²) < 4.78 is 5.18. The zero-order chi connectivity index (χ0) is 14.5. The van der Waals surface area contributed by atoms with E-state index in [0.717, 1.165) is 17.9 Å². The third kappa shape index (κ3) is 3.59. The van der Waals surface area contributed by atoms with Crippen LogP contribution in [0.1, 0.15) is 24.9 Å². The van der Waals surface area contributed by atoms with Gasteiger partial charge in [-0.1, -0.05) is 42.3 Å². The SMILES string of the molecule is CCC(Nc1ccc(Cl)c(Cl)c1)c1ccc(OC)cc1. The molecular formula is C16H17Cl2NO. The van der Waals surface area contributed by atoms with Crippen molar-refractivity contribution in [3.05, 3.63) is 58.1 Å². The van der Waals surface area contributed by atoms with Crippen LogP contribution in [-0.2, 0) is 0 Å². The van der Waals surface area contributed by atoms with Gasteiger partial charge in [-0.15, -0.1) is 0 Å². The lowest BCUT2D eigenvalue weighted by Gasteiger charge is -2.19. The fourth-order valence-electron chi connectivity index (χ4n) is 2.04. The average Bonchev–Trinajstić information content (AvgIpc) is 2.48. The van der Waals surface area contributed by atoms with Crippen LogP contribution in [0.3, 0.4) is 0 Å². The number of ether oxygens (including phenoxy) is 1. The molecular weight excluding hydrogens is 293 g/mol. The largest absolute Gasteiger partial charge is 0.497 e. The van der Waals surface area contributed by atoms with Gasteiger partial charge in [-0.2, -0.15) is 0 Å². The van der Waals surface area contributed by atoms with Crippen molar-refractivity contribution in [1.29, 1.82) is 0 Å². The Morgan fingerprint density at radius 1 is 1.05 bits per heavy atom. The van der Waals surface area contributed by atoms with Crippen LogP contribution in [0.2, 0.25) is 10.0 Å². The second-order valence-corrected chi connectivity index (χ2v) is 5.32. The van der Waals surface area contributed by atoms with Crippen molar-refractivity contribution in [1.82, 2.24) is 0 Å². The molecule has 4 heteroatoms. The van der Waals surface area contributed by atoms with Gasteiger partial charge in [0.25, 0.3) is 0 Å². The second kappa shape index (κ2) is 6.87. The molecule has 0 saturated carbocycles. The summed E-state index contributed by atoms with van der Waals surface area (Å²) >= 11 is 12.0. The maximum absolute atomic E-state index is 6.04. The molecule has 2 aromatic rings. The first kappa shape index (κ1) is 15.0. The number of methoxy groups -OCH3 is 1. The number of benzene rings is 2. The van der Waals surface area contributed by atoms with Gasteiger partial charge in [-0.25, -0.2) is 0 Å². The molecule has 1 atom stereocenters. The Balaban J connectivity index is 2.16. The molecule has 0 bridgehead atoms. The van der Waals surface area contributed by atoms with E-state index in [2.05, 4.69) is 24.4 Å². The minimum atomic E-state index is 0.221. The van der Waals surface area contributed by atoms with Gasteiger partial charge in [0, 0.05) is 5.69 Å². The van der Waals surface area contributed by atoms with Gasteiger partial charge in [0.05, 0.1) is 23.2 Å². The Morgan fingerprint density at radius 2 is 1.75 bits per heavy atom. The number of nitrogens with one attached hydrogen (secondary N) is 1. The highest BCUT2D eigenvalue weighted by Crippen LogP contribution is 2.29. The first-order chi connectivity index (χ1) is 9.63. The highest BCUT2D eigenvalue weighted by Gasteiger charge is 2.10. The molecule has 106 valence electrons. The Labute approximate surface area is 129 Å². The zero-order valence-corrected chi connectivity index (χ0v) is 13.0. The molecule has 0 heterocycles. The molecule has 2 nitrogen and oxygen atoms in total. The minimum Gasteiger partial charge on any atom is -0.497 e. The molecule has 2 rings (SSSR count). The van der Waals surface area contributed by atoms with Gasteiger partial charge in [-0.3, -0.25) is 0 Å². The van der Waals surface area contributed by atoms with Gasteiger partial charge in [0.1, 0.15) is 5.75 Å². The maximum atomic E-state index is 6.04. The minimum absolute atomic E-state index is 0.221. The molecule has 1 unspecified atom stereocenters. The van der Waals surface area contributed by atoms with Crippen molar-refractivity contribution in [2.75, 3.05) is 12.4 Å². The Kier molecular flexibility index (Phi) is 5.16. The van der Waals surface area contributed by atoms with Crippen LogP contribution in [0.25, 0.3) is 0 Å². The highest BCUT2D eigenvalue weighted by atomic mass is 35.5. The van der Waals surface area contributed by atoms with E-state index in [1.807, 2.05) is 24.3 Å². The average molecular weight is 310 g/mol. The first-order valence-corrected chi connectivity index (χ1v) is 7.25. The molecule has 0 saturated heterocycles. The van der Waals surface area contributed by atoms with Crippen LogP contribution < -0.4 is 10.1 Å². The predicted molar refractivity (Wildman–Crippen MR) is 86.1 cm³/mol. The molecule has 0 spiro atoms. The van der Waals surface area contributed by atoms with E-state index in [4.69, 9.17) is 27.9 Å². The molecule has 0 fully saturated rings. The third-order valence-corrected chi connectivity index (χ3v) is 3.93. The summed E-state index contributed by atoms with van der Waals surface area (Å²) in [5.74, 6) is 0.859. The fourth-order valence-corrected chi connectivity index (χ4v) is 2.34. The fraction of sp³-hybridized carbons (Fsp3) is 0.250. The normalized spacial score (nSPS) is 12.0. The van der Waals surface area contributed by atoms with Crippen molar-refractivity contribution >= 4 is 28.9 Å². The lowest BCUT2D eigenvalue weighted by molar-refractivity contribution is 0.414. The third-order valence-electron chi connectivity index (χ3n) is 3.19. The zero-order valence-electron chi connectivity index (χ0n) is 11.5. The summed E-state index contributed by atoms with van der Waals surface area (Å²) in [6.45, 7) is 2.14. The van der Waals surface area contributed by atoms with Crippen LogP contribution in [0, 0.1) is 0 Å². The summed E-state index contributed by atoms with van der Waals surface area (Å²) in [4.78, 5) is 0. The smallest absolute Gasteiger partial charge is 0.118 e. The van der Waals surface area contributed by atoms with Crippen molar-refractivity contribution in [3.8, 4) is 5.75 Å². The Hall–Kier alpha value is -1.38. The molecule has 0 aliphatic heterocycles. The van der Waals surface area contributed by atoms with E-state index in [1.54, 1.807) is 13.2 Å². The van der Waals surface area contributed by atoms with Gasteiger partial charge in [-0.05, 0) is 42.3 Å². The van der Waals surface area contributed by atoms with Crippen molar-refractivity contribution in [3.63, 3.8) is 0 Å². The molecule has 20 heavy (non-hydrogen) atoms. The number of rotatable bonds is 5. The summed E-state index contributed by atoms with van der Waals surface area (Å²) in [5, 5.41) is 4.59. The van der Waals surface area contributed by atoms with Crippen LogP contribution >= 0.6 is 23.2 Å². The summed E-state index contributed by atoms with van der Waals surface area (Å²) in [6, 6.07) is 13.9. The lowest BCUT2D eigenvalue weighted by Crippen LogP contribution is -2.09. The summed E-state index contributed by atoms with van der Waals surface area (Å²) in [7, 11) is 1.67. The molecule has 0 aliphatic rings. The van der Waals surface area contributed by atoms with E-state index < -0.39 is 0 Å². The van der Waals surface area contributed by atoms with E-state index in [9.17, 15) is 0 Å². The highest BCUT2D eigenvalue weighted by molar-refractivity contribution is 6.42. The van der Waals surface area contributed by atoms with Crippen LogP contribution in [-0.4, -0.2) is 7.11 Å². The van der Waals surface area contributed by atoms with Crippen LogP contribution in [0.4, 0.5) is 5.69 Å².